The van der Waals surface area contributed by atoms with Crippen LogP contribution >= 0.6 is 0 Å². The minimum atomic E-state index is 0.629. The molecule has 3 N–H and O–H groups in total. The van der Waals surface area contributed by atoms with E-state index in [-0.39, 0.29) is 0 Å². The van der Waals surface area contributed by atoms with E-state index in [2.05, 4.69) is 62.1 Å². The molecular weight excluding hydrogens is 326 g/mol. The zero-order valence-electron chi connectivity index (χ0n) is 15.8. The van der Waals surface area contributed by atoms with Crippen LogP contribution in [0.1, 0.15) is 0 Å². The van der Waals surface area contributed by atoms with E-state index >= 15 is 0 Å². The van der Waals surface area contributed by atoms with Gasteiger partial charge in [-0.25, -0.2) is 0 Å². The van der Waals surface area contributed by atoms with Gasteiger partial charge in [0.1, 0.15) is 5.82 Å². The van der Waals surface area contributed by atoms with Gasteiger partial charge in [0.2, 0.25) is 0 Å². The van der Waals surface area contributed by atoms with Gasteiger partial charge in [0, 0.05) is 69.3 Å². The molecule has 0 aliphatic carbocycles. The van der Waals surface area contributed by atoms with Crippen molar-refractivity contribution in [3.63, 3.8) is 0 Å². The van der Waals surface area contributed by atoms with E-state index in [1.54, 1.807) is 0 Å². The Hall–Kier alpha value is -2.25. The van der Waals surface area contributed by atoms with Crippen molar-refractivity contribution in [2.45, 2.75) is 0 Å². The van der Waals surface area contributed by atoms with Gasteiger partial charge in [-0.2, -0.15) is 5.10 Å². The van der Waals surface area contributed by atoms with Gasteiger partial charge in [-0.1, -0.05) is 0 Å². The summed E-state index contributed by atoms with van der Waals surface area (Å²) in [4.78, 5) is 9.74. The van der Waals surface area contributed by atoms with E-state index in [0.717, 1.165) is 63.5 Å². The quantitative estimate of drug-likeness (QED) is 0.861. The van der Waals surface area contributed by atoms with Crippen molar-refractivity contribution in [3.8, 4) is 11.1 Å². The minimum absolute atomic E-state index is 0.629. The van der Waals surface area contributed by atoms with E-state index in [0.29, 0.717) is 5.82 Å². The van der Waals surface area contributed by atoms with Crippen LogP contribution < -0.4 is 15.5 Å². The molecule has 1 aromatic heterocycles. The van der Waals surface area contributed by atoms with Crippen LogP contribution in [0.4, 0.5) is 17.2 Å². The molecule has 0 saturated carbocycles. The molecule has 0 amide bonds. The maximum Gasteiger partial charge on any atom is 0.126 e. The average molecular weight is 355 g/mol. The van der Waals surface area contributed by atoms with Crippen LogP contribution in [-0.4, -0.2) is 86.5 Å². The number of nitrogens with zero attached hydrogens (tertiary/aromatic N) is 5. The Balaban J connectivity index is 1.69. The van der Waals surface area contributed by atoms with Crippen molar-refractivity contribution in [3.05, 3.63) is 24.4 Å². The van der Waals surface area contributed by atoms with Crippen LogP contribution in [0.3, 0.4) is 0 Å². The highest BCUT2D eigenvalue weighted by atomic mass is 15.3. The van der Waals surface area contributed by atoms with Crippen LogP contribution in [0.2, 0.25) is 0 Å². The topological polar surface area (TPSA) is 67.7 Å². The fraction of sp³-hybridized carbons (Fsp3) is 0.526. The van der Waals surface area contributed by atoms with Crippen LogP contribution in [0, 0.1) is 0 Å². The number of piperazine rings is 2. The van der Waals surface area contributed by atoms with Crippen molar-refractivity contribution < 1.29 is 0 Å². The third kappa shape index (κ3) is 3.50. The third-order valence-electron chi connectivity index (χ3n) is 5.62. The number of anilines is 3. The molecule has 2 aliphatic rings. The Bertz CT molecular complexity index is 700. The summed E-state index contributed by atoms with van der Waals surface area (Å²) in [6.45, 7) is 8.63. The van der Waals surface area contributed by atoms with Crippen LogP contribution in [0.25, 0.3) is 11.1 Å². The Morgan fingerprint density at radius 2 is 1.31 bits per heavy atom. The summed E-state index contributed by atoms with van der Waals surface area (Å²) in [5.74, 6) is 0.629. The second-order valence-electron chi connectivity index (χ2n) is 7.52. The summed E-state index contributed by atoms with van der Waals surface area (Å²) in [5.41, 5.74) is 10.8. The number of hydrogen-bond donors (Lipinski definition) is 2. The van der Waals surface area contributed by atoms with Gasteiger partial charge in [0.05, 0.1) is 6.20 Å². The normalized spacial score (nSPS) is 19.9. The summed E-state index contributed by atoms with van der Waals surface area (Å²) in [6, 6.07) is 6.86. The van der Waals surface area contributed by atoms with Crippen molar-refractivity contribution in [2.24, 2.45) is 0 Å². The van der Waals surface area contributed by atoms with Crippen LogP contribution in [0.15, 0.2) is 24.4 Å². The van der Waals surface area contributed by atoms with Gasteiger partial charge >= 0.3 is 0 Å². The highest BCUT2D eigenvalue weighted by molar-refractivity contribution is 5.80. The number of nitrogens with two attached hydrogens (primary N) is 1. The van der Waals surface area contributed by atoms with Gasteiger partial charge in [0.15, 0.2) is 0 Å². The SMILES string of the molecule is CN1CCN(c2cc(-c3cn[nH]c3N)cc(N3CCN(C)CC3)c2)CC1. The predicted molar refractivity (Wildman–Crippen MR) is 108 cm³/mol. The van der Waals surface area contributed by atoms with E-state index in [4.69, 9.17) is 5.73 Å². The Morgan fingerprint density at radius 3 is 1.73 bits per heavy atom. The van der Waals surface area contributed by atoms with Crippen LogP contribution in [-0.2, 0) is 0 Å². The predicted octanol–water partition coefficient (Wildman–Crippen LogP) is 1.16. The maximum absolute atomic E-state index is 6.11. The zero-order valence-corrected chi connectivity index (χ0v) is 15.8. The number of likely N-dealkylation sites (N-methyl/N-ethyl adjacent to an activating group) is 2. The smallest absolute Gasteiger partial charge is 0.126 e. The number of aromatic amines is 1. The molecule has 7 heteroatoms. The molecule has 4 rings (SSSR count). The molecule has 0 unspecified atom stereocenters. The number of nitrogens with one attached hydrogen (secondary N) is 1. The molecule has 0 radical (unpaired) electrons. The van der Waals surface area contributed by atoms with Crippen molar-refractivity contribution in [2.75, 3.05) is 82.0 Å². The van der Waals surface area contributed by atoms with Crippen molar-refractivity contribution in [1.29, 1.82) is 0 Å². The molecule has 3 heterocycles. The summed E-state index contributed by atoms with van der Waals surface area (Å²) < 4.78 is 0. The lowest BCUT2D eigenvalue weighted by Gasteiger charge is -2.37. The van der Waals surface area contributed by atoms with E-state index in [1.165, 1.54) is 11.4 Å². The average Bonchev–Trinajstić information content (AvgIpc) is 3.08. The molecule has 0 spiro atoms. The van der Waals surface area contributed by atoms with Gasteiger partial charge in [-0.05, 0) is 37.9 Å². The number of benzene rings is 1. The molecule has 2 saturated heterocycles. The largest absolute Gasteiger partial charge is 0.384 e. The maximum atomic E-state index is 6.11. The first-order valence-corrected chi connectivity index (χ1v) is 9.41. The number of aromatic nitrogens is 2. The first kappa shape index (κ1) is 17.2. The Morgan fingerprint density at radius 1 is 0.808 bits per heavy atom. The van der Waals surface area contributed by atoms with Crippen molar-refractivity contribution in [1.82, 2.24) is 20.0 Å². The standard InChI is InChI=1S/C19H29N7/c1-23-3-7-25(8-4-23)16-11-15(18-14-21-22-19(18)20)12-17(13-16)26-9-5-24(2)6-10-26/h11-14H,3-10H2,1-2H3,(H3,20,21,22). The Labute approximate surface area is 155 Å². The minimum Gasteiger partial charge on any atom is -0.384 e. The molecule has 26 heavy (non-hydrogen) atoms. The lowest BCUT2D eigenvalue weighted by atomic mass is 10.0. The monoisotopic (exact) mass is 355 g/mol. The van der Waals surface area contributed by atoms with Gasteiger partial charge < -0.3 is 25.3 Å². The Kier molecular flexibility index (Phi) is 4.74. The molecule has 2 aliphatic heterocycles. The number of nitrogen functional groups attached to an aromatic ring is 1. The highest BCUT2D eigenvalue weighted by Crippen LogP contribution is 2.33. The summed E-state index contributed by atoms with van der Waals surface area (Å²) in [5, 5.41) is 6.98. The molecule has 2 aromatic rings. The molecule has 1 aromatic carbocycles. The van der Waals surface area contributed by atoms with E-state index in [1.807, 2.05) is 6.20 Å². The summed E-state index contributed by atoms with van der Waals surface area (Å²) in [7, 11) is 4.38. The molecule has 0 bridgehead atoms. The van der Waals surface area contributed by atoms with Gasteiger partial charge in [0.25, 0.3) is 0 Å². The van der Waals surface area contributed by atoms with E-state index < -0.39 is 0 Å². The molecule has 0 atom stereocenters. The van der Waals surface area contributed by atoms with Gasteiger partial charge in [-0.3, -0.25) is 5.10 Å². The summed E-state index contributed by atoms with van der Waals surface area (Å²) >= 11 is 0. The second kappa shape index (κ2) is 7.17. The van der Waals surface area contributed by atoms with Gasteiger partial charge in [-0.15, -0.1) is 0 Å². The number of rotatable bonds is 3. The number of H-pyrrole nitrogens is 1. The van der Waals surface area contributed by atoms with E-state index in [9.17, 15) is 0 Å². The van der Waals surface area contributed by atoms with Crippen LogP contribution in [0.5, 0.6) is 0 Å². The highest BCUT2D eigenvalue weighted by Gasteiger charge is 2.20. The molecule has 7 nitrogen and oxygen atoms in total. The first-order chi connectivity index (χ1) is 12.6. The fourth-order valence-electron chi connectivity index (χ4n) is 3.77. The third-order valence-corrected chi connectivity index (χ3v) is 5.62. The zero-order chi connectivity index (χ0) is 18.1. The molecule has 2 fully saturated rings. The number of hydrogen-bond acceptors (Lipinski definition) is 6. The second-order valence-corrected chi connectivity index (χ2v) is 7.52. The lowest BCUT2D eigenvalue weighted by molar-refractivity contribution is 0.312. The fourth-order valence-corrected chi connectivity index (χ4v) is 3.77. The summed E-state index contributed by atoms with van der Waals surface area (Å²) in [6.07, 6.45) is 1.83. The van der Waals surface area contributed by atoms with Crippen molar-refractivity contribution >= 4 is 17.2 Å². The molecule has 140 valence electrons. The molecular formula is C19H29N7. The first-order valence-electron chi connectivity index (χ1n) is 9.41. The lowest BCUT2D eigenvalue weighted by Crippen LogP contribution is -2.45.